The Balaban J connectivity index is 1.92. The van der Waals surface area contributed by atoms with Crippen LogP contribution in [0.4, 0.5) is 0 Å². The second-order valence-electron chi connectivity index (χ2n) is 7.28. The Morgan fingerprint density at radius 2 is 1.74 bits per heavy atom. The first-order valence-corrected chi connectivity index (χ1v) is 11.1. The number of hydrogen-bond donors (Lipinski definition) is 2. The fourth-order valence-electron chi connectivity index (χ4n) is 2.96. The lowest BCUT2D eigenvalue weighted by Gasteiger charge is -2.25. The number of amides is 2. The zero-order chi connectivity index (χ0) is 22.5. The molecule has 6 nitrogen and oxygen atoms in total. The molecule has 0 aliphatic heterocycles. The second kappa shape index (κ2) is 13.4. The van der Waals surface area contributed by atoms with Gasteiger partial charge in [-0.05, 0) is 54.9 Å². The predicted molar refractivity (Wildman–Crippen MR) is 127 cm³/mol. The fraction of sp³-hybridized carbons (Fsp3) is 0.375. The molecule has 0 aromatic heterocycles. The van der Waals surface area contributed by atoms with E-state index >= 15 is 0 Å². The highest BCUT2D eigenvalue weighted by Gasteiger charge is 2.15. The highest BCUT2D eigenvalue weighted by Crippen LogP contribution is 2.13. The zero-order valence-corrected chi connectivity index (χ0v) is 18.8. The monoisotopic (exact) mass is 441 g/mol. The van der Waals surface area contributed by atoms with Crippen LogP contribution in [0.5, 0.6) is 5.75 Å². The molecule has 0 radical (unpaired) electrons. The van der Waals surface area contributed by atoms with Crippen LogP contribution in [0.15, 0.2) is 54.6 Å². The number of carbonyl (C=O) groups is 2. The Hall–Kier alpha value is -2.93. The molecule has 2 amide bonds. The van der Waals surface area contributed by atoms with Crippen LogP contribution < -0.4 is 15.8 Å². The molecule has 2 aromatic carbocycles. The van der Waals surface area contributed by atoms with Crippen LogP contribution in [-0.4, -0.2) is 41.5 Å². The van der Waals surface area contributed by atoms with Crippen LogP contribution in [0.2, 0.25) is 0 Å². The average molecular weight is 442 g/mol. The van der Waals surface area contributed by atoms with Crippen molar-refractivity contribution < 1.29 is 14.3 Å². The molecule has 0 unspecified atom stereocenters. The first-order chi connectivity index (χ1) is 15.0. The highest BCUT2D eigenvalue weighted by molar-refractivity contribution is 7.80. The number of unbranched alkanes of at least 4 members (excludes halogenated alkanes) is 2. The first-order valence-electron chi connectivity index (χ1n) is 10.6. The summed E-state index contributed by atoms with van der Waals surface area (Å²) in [7, 11) is 0. The predicted octanol–water partition coefficient (Wildman–Crippen LogP) is 3.69. The Labute approximate surface area is 189 Å². The number of ether oxygens (including phenoxy) is 1. The minimum atomic E-state index is -0.409. The van der Waals surface area contributed by atoms with E-state index in [-0.39, 0.29) is 17.4 Å². The molecule has 0 bridgehead atoms. The van der Waals surface area contributed by atoms with Gasteiger partial charge in [0.2, 0.25) is 5.91 Å². The summed E-state index contributed by atoms with van der Waals surface area (Å²) in [6.45, 7) is 3.74. The molecule has 3 N–H and O–H groups in total. The largest absolute Gasteiger partial charge is 0.494 e. The van der Waals surface area contributed by atoms with Crippen LogP contribution in [0.1, 0.15) is 48.5 Å². The van der Waals surface area contributed by atoms with Crippen LogP contribution in [-0.2, 0) is 11.2 Å². The van der Waals surface area contributed by atoms with Crippen molar-refractivity contribution in [3.63, 3.8) is 0 Å². The molecule has 31 heavy (non-hydrogen) atoms. The highest BCUT2D eigenvalue weighted by atomic mass is 32.1. The van der Waals surface area contributed by atoms with Gasteiger partial charge in [0.25, 0.3) is 5.91 Å². The van der Waals surface area contributed by atoms with Gasteiger partial charge in [0.15, 0.2) is 5.11 Å². The van der Waals surface area contributed by atoms with Crippen molar-refractivity contribution in [1.29, 1.82) is 0 Å². The lowest BCUT2D eigenvalue weighted by Crippen LogP contribution is -2.44. The van der Waals surface area contributed by atoms with Gasteiger partial charge in [-0.1, -0.05) is 50.1 Å². The molecule has 0 atom stereocenters. The Morgan fingerprint density at radius 3 is 2.39 bits per heavy atom. The molecule has 166 valence electrons. The molecule has 0 spiro atoms. The first kappa shape index (κ1) is 24.3. The van der Waals surface area contributed by atoms with E-state index < -0.39 is 5.91 Å². The van der Waals surface area contributed by atoms with Gasteiger partial charge in [0.05, 0.1) is 6.61 Å². The number of nitrogens with zero attached hydrogens (tertiary/aromatic N) is 1. The smallest absolute Gasteiger partial charge is 0.257 e. The summed E-state index contributed by atoms with van der Waals surface area (Å²) < 4.78 is 5.68. The number of primary amides is 1. The summed E-state index contributed by atoms with van der Waals surface area (Å²) >= 11 is 5.44. The topological polar surface area (TPSA) is 84.7 Å². The van der Waals surface area contributed by atoms with Gasteiger partial charge in [-0.3, -0.25) is 14.9 Å². The molecule has 0 fully saturated rings. The molecular weight excluding hydrogens is 410 g/mol. The molecule has 0 saturated carbocycles. The lowest BCUT2D eigenvalue weighted by atomic mass is 10.1. The SMILES string of the molecule is CCCCCOc1ccc(C(=O)NC(=S)N(CCC(N)=O)CCc2ccccc2)cc1. The van der Waals surface area contributed by atoms with Crippen molar-refractivity contribution in [2.45, 2.75) is 39.0 Å². The van der Waals surface area contributed by atoms with Crippen molar-refractivity contribution >= 4 is 29.1 Å². The normalized spacial score (nSPS) is 10.4. The summed E-state index contributed by atoms with van der Waals surface area (Å²) in [5, 5.41) is 3.04. The molecule has 2 rings (SSSR count). The maximum atomic E-state index is 12.6. The van der Waals surface area contributed by atoms with E-state index in [4.69, 9.17) is 22.7 Å². The van der Waals surface area contributed by atoms with E-state index in [2.05, 4.69) is 12.2 Å². The van der Waals surface area contributed by atoms with Gasteiger partial charge in [-0.2, -0.15) is 0 Å². The fourth-order valence-corrected chi connectivity index (χ4v) is 3.24. The Morgan fingerprint density at radius 1 is 1.03 bits per heavy atom. The van der Waals surface area contributed by atoms with E-state index in [0.29, 0.717) is 25.3 Å². The van der Waals surface area contributed by atoms with Crippen molar-refractivity contribution in [3.8, 4) is 5.75 Å². The van der Waals surface area contributed by atoms with Crippen molar-refractivity contribution in [3.05, 3.63) is 65.7 Å². The summed E-state index contributed by atoms with van der Waals surface area (Å²) in [5.41, 5.74) is 6.93. The number of rotatable bonds is 12. The summed E-state index contributed by atoms with van der Waals surface area (Å²) in [5.74, 6) is 0.0286. The Kier molecular flexibility index (Phi) is 10.5. The third kappa shape index (κ3) is 9.17. The van der Waals surface area contributed by atoms with Crippen LogP contribution in [0, 0.1) is 0 Å². The number of nitrogens with one attached hydrogen (secondary N) is 1. The van der Waals surface area contributed by atoms with Crippen molar-refractivity contribution in [2.75, 3.05) is 19.7 Å². The minimum Gasteiger partial charge on any atom is -0.494 e. The number of nitrogens with two attached hydrogens (primary N) is 1. The quantitative estimate of drug-likeness (QED) is 0.388. The third-order valence-corrected chi connectivity index (χ3v) is 5.14. The maximum absolute atomic E-state index is 12.6. The molecule has 0 saturated heterocycles. The van der Waals surface area contributed by atoms with Gasteiger partial charge in [0.1, 0.15) is 5.75 Å². The molecule has 0 heterocycles. The number of carbonyl (C=O) groups excluding carboxylic acids is 2. The molecule has 0 aliphatic carbocycles. The summed E-state index contributed by atoms with van der Waals surface area (Å²) in [6.07, 6.45) is 4.18. The Bertz CT molecular complexity index is 841. The van der Waals surface area contributed by atoms with E-state index in [1.807, 2.05) is 30.3 Å². The van der Waals surface area contributed by atoms with E-state index in [1.54, 1.807) is 29.2 Å². The minimum absolute atomic E-state index is 0.162. The average Bonchev–Trinajstić information content (AvgIpc) is 2.77. The second-order valence-corrected chi connectivity index (χ2v) is 7.66. The van der Waals surface area contributed by atoms with Crippen molar-refractivity contribution in [2.24, 2.45) is 5.73 Å². The van der Waals surface area contributed by atoms with Gasteiger partial charge in [0, 0.05) is 25.1 Å². The molecule has 0 aliphatic rings. The van der Waals surface area contributed by atoms with Gasteiger partial charge in [-0.25, -0.2) is 0 Å². The summed E-state index contributed by atoms with van der Waals surface area (Å²) in [6, 6.07) is 16.9. The number of hydrogen-bond acceptors (Lipinski definition) is 4. The molecule has 2 aromatic rings. The van der Waals surface area contributed by atoms with Gasteiger partial charge >= 0.3 is 0 Å². The number of benzene rings is 2. The van der Waals surface area contributed by atoms with Crippen LogP contribution in [0.25, 0.3) is 0 Å². The van der Waals surface area contributed by atoms with Crippen LogP contribution in [0.3, 0.4) is 0 Å². The van der Waals surface area contributed by atoms with E-state index in [0.717, 1.165) is 37.0 Å². The van der Waals surface area contributed by atoms with Crippen LogP contribution >= 0.6 is 12.2 Å². The molecular formula is C24H31N3O3S. The third-order valence-electron chi connectivity index (χ3n) is 4.78. The standard InChI is InChI=1S/C24H31N3O3S/c1-2-3-7-18-30-21-12-10-20(11-13-21)23(29)26-24(31)27(17-15-22(25)28)16-14-19-8-5-4-6-9-19/h4-6,8-13H,2-3,7,14-18H2,1H3,(H2,25,28)(H,26,29,31). The lowest BCUT2D eigenvalue weighted by molar-refractivity contribution is -0.118. The number of thiocarbonyl (C=S) groups is 1. The summed E-state index contributed by atoms with van der Waals surface area (Å²) in [4.78, 5) is 25.7. The van der Waals surface area contributed by atoms with Crippen molar-refractivity contribution in [1.82, 2.24) is 10.2 Å². The maximum Gasteiger partial charge on any atom is 0.257 e. The zero-order valence-electron chi connectivity index (χ0n) is 18.0. The van der Waals surface area contributed by atoms with Gasteiger partial charge in [-0.15, -0.1) is 0 Å². The molecule has 7 heteroatoms. The van der Waals surface area contributed by atoms with E-state index in [9.17, 15) is 9.59 Å². The van der Waals surface area contributed by atoms with Gasteiger partial charge < -0.3 is 15.4 Å². The van der Waals surface area contributed by atoms with E-state index in [1.165, 1.54) is 0 Å².